The number of hydrogen-bond acceptors (Lipinski definition) is 5. The molecule has 0 bridgehead atoms. The number of benzene rings is 1. The van der Waals surface area contributed by atoms with Crippen molar-refractivity contribution in [2.75, 3.05) is 10.6 Å². The van der Waals surface area contributed by atoms with E-state index in [1.165, 1.54) is 24.7 Å². The highest BCUT2D eigenvalue weighted by molar-refractivity contribution is 6.30. The lowest BCUT2D eigenvalue weighted by molar-refractivity contribution is -0.119. The summed E-state index contributed by atoms with van der Waals surface area (Å²) in [7, 11) is 0. The molecule has 1 aliphatic rings. The first-order valence-electron chi connectivity index (χ1n) is 11.6. The molecule has 3 heterocycles. The van der Waals surface area contributed by atoms with E-state index in [9.17, 15) is 4.79 Å². The van der Waals surface area contributed by atoms with E-state index in [1.807, 2.05) is 44.3 Å². The number of fused-ring (bicyclic) bond motifs is 1. The molecule has 4 aromatic rings. The lowest BCUT2D eigenvalue weighted by Crippen LogP contribution is -2.25. The molecule has 34 heavy (non-hydrogen) atoms. The molecule has 3 aromatic heterocycles. The summed E-state index contributed by atoms with van der Waals surface area (Å²) >= 11 is 6.11. The van der Waals surface area contributed by atoms with Crippen LogP contribution in [0, 0.1) is 5.92 Å². The number of imidazole rings is 1. The van der Waals surface area contributed by atoms with Gasteiger partial charge in [-0.15, -0.1) is 0 Å². The summed E-state index contributed by atoms with van der Waals surface area (Å²) in [6.45, 7) is 4.44. The van der Waals surface area contributed by atoms with Gasteiger partial charge in [-0.05, 0) is 54.0 Å². The highest BCUT2D eigenvalue weighted by Gasteiger charge is 2.24. The molecule has 1 fully saturated rings. The van der Waals surface area contributed by atoms with Crippen LogP contribution in [-0.2, 0) is 11.3 Å². The van der Waals surface area contributed by atoms with Gasteiger partial charge in [-0.2, -0.15) is 0 Å². The Labute approximate surface area is 203 Å². The third kappa shape index (κ3) is 5.04. The van der Waals surface area contributed by atoms with Gasteiger partial charge in [0.2, 0.25) is 5.91 Å². The number of anilines is 2. The van der Waals surface area contributed by atoms with E-state index in [0.29, 0.717) is 29.1 Å². The van der Waals surface area contributed by atoms with Crippen molar-refractivity contribution in [1.82, 2.24) is 19.4 Å². The number of pyridine rings is 1. The number of hydrogen-bond donors (Lipinski definition) is 2. The van der Waals surface area contributed by atoms with E-state index < -0.39 is 0 Å². The van der Waals surface area contributed by atoms with Gasteiger partial charge in [0, 0.05) is 29.4 Å². The first-order chi connectivity index (χ1) is 16.5. The summed E-state index contributed by atoms with van der Waals surface area (Å²) in [6.07, 6.45) is 8.21. The van der Waals surface area contributed by atoms with Crippen molar-refractivity contribution in [3.05, 3.63) is 83.0 Å². The van der Waals surface area contributed by atoms with Crippen LogP contribution in [-0.4, -0.2) is 25.3 Å². The van der Waals surface area contributed by atoms with Gasteiger partial charge < -0.3 is 15.0 Å². The van der Waals surface area contributed by atoms with Crippen molar-refractivity contribution in [2.45, 2.75) is 45.1 Å². The van der Waals surface area contributed by atoms with Crippen molar-refractivity contribution in [3.63, 3.8) is 0 Å². The van der Waals surface area contributed by atoms with Gasteiger partial charge in [-0.3, -0.25) is 4.79 Å². The van der Waals surface area contributed by atoms with Gasteiger partial charge in [-0.25, -0.2) is 15.0 Å². The average molecular weight is 475 g/mol. The Morgan fingerprint density at radius 2 is 1.94 bits per heavy atom. The summed E-state index contributed by atoms with van der Waals surface area (Å²) in [5.41, 5.74) is 4.25. The smallest absolute Gasteiger partial charge is 0.228 e. The zero-order valence-corrected chi connectivity index (χ0v) is 20.0. The third-order valence-corrected chi connectivity index (χ3v) is 6.71. The zero-order valence-electron chi connectivity index (χ0n) is 19.2. The predicted octanol–water partition coefficient (Wildman–Crippen LogP) is 5.65. The first kappa shape index (κ1) is 22.3. The molecular weight excluding hydrogens is 448 g/mol. The van der Waals surface area contributed by atoms with Crippen molar-refractivity contribution in [1.29, 1.82) is 0 Å². The van der Waals surface area contributed by atoms with Crippen molar-refractivity contribution >= 4 is 34.8 Å². The Bertz CT molecular complexity index is 1330. The maximum absolute atomic E-state index is 12.8. The third-order valence-electron chi connectivity index (χ3n) is 6.48. The SMILES string of the molecule is CC(C(=O)Nc1cc(NCc2cn3cc(C4CC4)ccc3n2)ncn1)C(C)c1cccc(Cl)c1. The molecule has 2 N–H and O–H groups in total. The largest absolute Gasteiger partial charge is 0.364 e. The van der Waals surface area contributed by atoms with Crippen LogP contribution < -0.4 is 10.6 Å². The fourth-order valence-corrected chi connectivity index (χ4v) is 4.25. The van der Waals surface area contributed by atoms with Crippen LogP contribution in [0.4, 0.5) is 11.6 Å². The quantitative estimate of drug-likeness (QED) is 0.345. The second kappa shape index (κ2) is 9.43. The molecule has 0 spiro atoms. The number of nitrogens with one attached hydrogen (secondary N) is 2. The lowest BCUT2D eigenvalue weighted by atomic mass is 9.88. The Morgan fingerprint density at radius 3 is 2.74 bits per heavy atom. The maximum atomic E-state index is 12.8. The van der Waals surface area contributed by atoms with Crippen molar-refractivity contribution < 1.29 is 4.79 Å². The van der Waals surface area contributed by atoms with Gasteiger partial charge in [0.15, 0.2) is 0 Å². The molecule has 8 heteroatoms. The molecule has 7 nitrogen and oxygen atoms in total. The number of carbonyl (C=O) groups is 1. The first-order valence-corrected chi connectivity index (χ1v) is 11.9. The minimum absolute atomic E-state index is 0.00797. The van der Waals surface area contributed by atoms with Gasteiger partial charge >= 0.3 is 0 Å². The highest BCUT2D eigenvalue weighted by Crippen LogP contribution is 2.39. The predicted molar refractivity (Wildman–Crippen MR) is 134 cm³/mol. The maximum Gasteiger partial charge on any atom is 0.228 e. The van der Waals surface area contributed by atoms with E-state index in [4.69, 9.17) is 11.6 Å². The number of aromatic nitrogens is 4. The van der Waals surface area contributed by atoms with Crippen LogP contribution in [0.3, 0.4) is 0 Å². The standard InChI is InChI=1S/C26H27ClN6O/c1-16(19-4-3-5-21(27)10-19)17(2)26(34)32-24-11-23(29-15-30-24)28-12-22-14-33-13-20(18-6-7-18)8-9-25(33)31-22/h3-5,8-11,13-18H,6-7,12H2,1-2H3,(H2,28,29,30,32,34). The molecule has 174 valence electrons. The fourth-order valence-electron chi connectivity index (χ4n) is 4.05. The van der Waals surface area contributed by atoms with Crippen LogP contribution in [0.15, 0.2) is 61.2 Å². The van der Waals surface area contributed by atoms with Crippen LogP contribution >= 0.6 is 11.6 Å². The lowest BCUT2D eigenvalue weighted by Gasteiger charge is -2.20. The molecule has 1 aliphatic carbocycles. The Hall–Kier alpha value is -3.45. The van der Waals surface area contributed by atoms with Gasteiger partial charge in [-0.1, -0.05) is 43.6 Å². The number of halogens is 1. The van der Waals surface area contributed by atoms with Gasteiger partial charge in [0.25, 0.3) is 0 Å². The van der Waals surface area contributed by atoms with E-state index >= 15 is 0 Å². The topological polar surface area (TPSA) is 84.2 Å². The van der Waals surface area contributed by atoms with Gasteiger partial charge in [0.05, 0.1) is 12.2 Å². The summed E-state index contributed by atoms with van der Waals surface area (Å²) < 4.78 is 2.08. The van der Waals surface area contributed by atoms with E-state index in [1.54, 1.807) is 6.07 Å². The normalized spacial score (nSPS) is 15.1. The number of amides is 1. The molecule has 1 aromatic carbocycles. The average Bonchev–Trinajstić information content (AvgIpc) is 3.61. The zero-order chi connectivity index (χ0) is 23.7. The molecule has 2 atom stereocenters. The molecule has 5 rings (SSSR count). The van der Waals surface area contributed by atoms with E-state index in [-0.39, 0.29) is 17.7 Å². The van der Waals surface area contributed by atoms with Crippen LogP contribution in [0.1, 0.15) is 55.3 Å². The molecule has 2 unspecified atom stereocenters. The van der Waals surface area contributed by atoms with Crippen LogP contribution in [0.2, 0.25) is 5.02 Å². The van der Waals surface area contributed by atoms with Crippen molar-refractivity contribution in [3.8, 4) is 0 Å². The minimum Gasteiger partial charge on any atom is -0.364 e. The monoisotopic (exact) mass is 474 g/mol. The number of carbonyl (C=O) groups excluding carboxylic acids is 1. The molecule has 1 amide bonds. The van der Waals surface area contributed by atoms with Crippen molar-refractivity contribution in [2.24, 2.45) is 5.92 Å². The highest BCUT2D eigenvalue weighted by atomic mass is 35.5. The second-order valence-electron chi connectivity index (χ2n) is 9.00. The summed E-state index contributed by atoms with van der Waals surface area (Å²) in [5, 5.41) is 6.85. The molecule has 0 radical (unpaired) electrons. The minimum atomic E-state index is -0.261. The summed E-state index contributed by atoms with van der Waals surface area (Å²) in [6, 6.07) is 13.6. The molecular formula is C26H27ClN6O. The van der Waals surface area contributed by atoms with Gasteiger partial charge in [0.1, 0.15) is 23.6 Å². The summed E-state index contributed by atoms with van der Waals surface area (Å²) in [5.74, 6) is 1.42. The number of nitrogens with zero attached hydrogens (tertiary/aromatic N) is 4. The van der Waals surface area contributed by atoms with Crippen LogP contribution in [0.25, 0.3) is 5.65 Å². The molecule has 0 aliphatic heterocycles. The Balaban J connectivity index is 1.21. The van der Waals surface area contributed by atoms with E-state index in [2.05, 4.69) is 48.3 Å². The number of rotatable bonds is 8. The molecule has 0 saturated heterocycles. The van der Waals surface area contributed by atoms with E-state index in [0.717, 1.165) is 16.9 Å². The fraction of sp³-hybridized carbons (Fsp3) is 0.308. The Kier molecular flexibility index (Phi) is 6.20. The molecule has 1 saturated carbocycles. The Morgan fingerprint density at radius 1 is 1.12 bits per heavy atom. The van der Waals surface area contributed by atoms with Crippen LogP contribution in [0.5, 0.6) is 0 Å². The second-order valence-corrected chi connectivity index (χ2v) is 9.43. The summed E-state index contributed by atoms with van der Waals surface area (Å²) in [4.78, 5) is 26.0.